The number of carbonyl (C=O) groups is 1. The van der Waals surface area contributed by atoms with Crippen LogP contribution in [0.5, 0.6) is 5.75 Å². The maximum absolute atomic E-state index is 12.4. The number of methoxy groups -OCH3 is 1. The first kappa shape index (κ1) is 13.9. The van der Waals surface area contributed by atoms with E-state index in [2.05, 4.69) is 19.2 Å². The molecule has 1 aromatic rings. The van der Waals surface area contributed by atoms with E-state index in [0.717, 1.165) is 17.0 Å². The Balaban J connectivity index is 2.44. The lowest BCUT2D eigenvalue weighted by molar-refractivity contribution is -0.122. The number of anilines is 1. The molecule has 1 amide bonds. The summed E-state index contributed by atoms with van der Waals surface area (Å²) >= 11 is 0. The second-order valence-electron chi connectivity index (χ2n) is 5.85. The van der Waals surface area contributed by atoms with Gasteiger partial charge >= 0.3 is 0 Å². The Kier molecular flexibility index (Phi) is 3.54. The standard InChI is InChI=1S/C15H22N2O2/c1-10-6-7-13(19-5)12(8-10)17-9-15(3,4)16-11(2)14(17)18/h6-8,11,16H,9H2,1-5H3. The van der Waals surface area contributed by atoms with Crippen molar-refractivity contribution >= 4 is 11.6 Å². The molecule has 0 radical (unpaired) electrons. The number of nitrogens with zero attached hydrogens (tertiary/aromatic N) is 1. The van der Waals surface area contributed by atoms with Crippen molar-refractivity contribution in [2.45, 2.75) is 39.3 Å². The van der Waals surface area contributed by atoms with Crippen molar-refractivity contribution in [1.29, 1.82) is 0 Å². The van der Waals surface area contributed by atoms with Gasteiger partial charge in [-0.15, -0.1) is 0 Å². The van der Waals surface area contributed by atoms with Gasteiger partial charge in [-0.2, -0.15) is 0 Å². The SMILES string of the molecule is COc1ccc(C)cc1N1CC(C)(C)NC(C)C1=O. The van der Waals surface area contributed by atoms with E-state index in [1.165, 1.54) is 0 Å². The molecule has 1 atom stereocenters. The van der Waals surface area contributed by atoms with E-state index >= 15 is 0 Å². The highest BCUT2D eigenvalue weighted by Gasteiger charge is 2.37. The molecule has 1 unspecified atom stereocenters. The second kappa shape index (κ2) is 4.85. The van der Waals surface area contributed by atoms with Crippen molar-refractivity contribution in [3.05, 3.63) is 23.8 Å². The van der Waals surface area contributed by atoms with Crippen LogP contribution in [0.4, 0.5) is 5.69 Å². The van der Waals surface area contributed by atoms with Crippen LogP contribution in [-0.4, -0.2) is 31.1 Å². The summed E-state index contributed by atoms with van der Waals surface area (Å²) in [5.41, 5.74) is 1.86. The number of rotatable bonds is 2. The third-order valence-electron chi connectivity index (χ3n) is 3.42. The molecule has 2 rings (SSSR count). The summed E-state index contributed by atoms with van der Waals surface area (Å²) in [5, 5.41) is 3.33. The summed E-state index contributed by atoms with van der Waals surface area (Å²) in [6.45, 7) is 8.76. The lowest BCUT2D eigenvalue weighted by Gasteiger charge is -2.42. The van der Waals surface area contributed by atoms with Gasteiger partial charge in [-0.05, 0) is 45.4 Å². The molecule has 1 heterocycles. The van der Waals surface area contributed by atoms with Crippen LogP contribution in [0, 0.1) is 6.92 Å². The molecule has 4 nitrogen and oxygen atoms in total. The molecule has 1 aromatic carbocycles. The molecule has 1 aliphatic heterocycles. The molecule has 104 valence electrons. The third kappa shape index (κ3) is 2.73. The van der Waals surface area contributed by atoms with E-state index in [-0.39, 0.29) is 17.5 Å². The highest BCUT2D eigenvalue weighted by molar-refractivity contribution is 5.99. The number of ether oxygens (including phenoxy) is 1. The average Bonchev–Trinajstić information content (AvgIpc) is 2.33. The zero-order valence-electron chi connectivity index (χ0n) is 12.3. The first-order chi connectivity index (χ1) is 8.84. The number of carbonyl (C=O) groups excluding carboxylic acids is 1. The Morgan fingerprint density at radius 3 is 2.74 bits per heavy atom. The molecular weight excluding hydrogens is 240 g/mol. The monoisotopic (exact) mass is 262 g/mol. The number of nitrogens with one attached hydrogen (secondary N) is 1. The zero-order valence-corrected chi connectivity index (χ0v) is 12.3. The quantitative estimate of drug-likeness (QED) is 0.887. The minimum Gasteiger partial charge on any atom is -0.495 e. The van der Waals surface area contributed by atoms with E-state index in [0.29, 0.717) is 6.54 Å². The van der Waals surface area contributed by atoms with E-state index in [4.69, 9.17) is 4.74 Å². The van der Waals surface area contributed by atoms with Crippen molar-refractivity contribution in [2.75, 3.05) is 18.6 Å². The Labute approximate surface area is 114 Å². The molecule has 0 aliphatic carbocycles. The predicted molar refractivity (Wildman–Crippen MR) is 76.8 cm³/mol. The van der Waals surface area contributed by atoms with Crippen LogP contribution in [0.3, 0.4) is 0 Å². The van der Waals surface area contributed by atoms with Crippen molar-refractivity contribution in [1.82, 2.24) is 5.32 Å². The molecule has 1 aliphatic rings. The number of benzene rings is 1. The Morgan fingerprint density at radius 1 is 1.42 bits per heavy atom. The van der Waals surface area contributed by atoms with Crippen LogP contribution in [-0.2, 0) is 4.79 Å². The molecule has 0 bridgehead atoms. The predicted octanol–water partition coefficient (Wildman–Crippen LogP) is 2.11. The van der Waals surface area contributed by atoms with Crippen LogP contribution in [0.1, 0.15) is 26.3 Å². The van der Waals surface area contributed by atoms with Crippen LogP contribution in [0.2, 0.25) is 0 Å². The van der Waals surface area contributed by atoms with Gasteiger partial charge in [-0.1, -0.05) is 6.07 Å². The normalized spacial score (nSPS) is 22.5. The summed E-state index contributed by atoms with van der Waals surface area (Å²) in [6, 6.07) is 5.72. The highest BCUT2D eigenvalue weighted by atomic mass is 16.5. The molecular formula is C15H22N2O2. The fourth-order valence-corrected chi connectivity index (χ4v) is 2.62. The zero-order chi connectivity index (χ0) is 14.2. The first-order valence-electron chi connectivity index (χ1n) is 6.58. The molecule has 1 N–H and O–H groups in total. The molecule has 0 saturated carbocycles. The van der Waals surface area contributed by atoms with Crippen molar-refractivity contribution in [2.24, 2.45) is 0 Å². The van der Waals surface area contributed by atoms with Crippen LogP contribution in [0.25, 0.3) is 0 Å². The van der Waals surface area contributed by atoms with Gasteiger partial charge in [-0.3, -0.25) is 10.1 Å². The molecule has 0 aromatic heterocycles. The molecule has 1 saturated heterocycles. The van der Waals surface area contributed by atoms with Crippen molar-refractivity contribution in [3.8, 4) is 5.75 Å². The molecule has 19 heavy (non-hydrogen) atoms. The van der Waals surface area contributed by atoms with Gasteiger partial charge < -0.3 is 9.64 Å². The first-order valence-corrected chi connectivity index (χ1v) is 6.58. The van der Waals surface area contributed by atoms with Crippen molar-refractivity contribution in [3.63, 3.8) is 0 Å². The third-order valence-corrected chi connectivity index (χ3v) is 3.42. The minimum atomic E-state index is -0.186. The maximum atomic E-state index is 12.4. The number of hydrogen-bond donors (Lipinski definition) is 1. The topological polar surface area (TPSA) is 41.6 Å². The maximum Gasteiger partial charge on any atom is 0.244 e. The molecule has 4 heteroatoms. The van der Waals surface area contributed by atoms with Crippen molar-refractivity contribution < 1.29 is 9.53 Å². The van der Waals surface area contributed by atoms with Gasteiger partial charge in [0, 0.05) is 12.1 Å². The van der Waals surface area contributed by atoms with Gasteiger partial charge in [0.05, 0.1) is 18.8 Å². The second-order valence-corrected chi connectivity index (χ2v) is 5.85. The van der Waals surface area contributed by atoms with E-state index in [1.54, 1.807) is 7.11 Å². The summed E-state index contributed by atoms with van der Waals surface area (Å²) in [4.78, 5) is 14.2. The average molecular weight is 262 g/mol. The summed E-state index contributed by atoms with van der Waals surface area (Å²) in [7, 11) is 1.63. The number of amides is 1. The van der Waals surface area contributed by atoms with Gasteiger partial charge in [0.2, 0.25) is 5.91 Å². The van der Waals surface area contributed by atoms with Gasteiger partial charge in [0.25, 0.3) is 0 Å². The van der Waals surface area contributed by atoms with Gasteiger partial charge in [-0.25, -0.2) is 0 Å². The van der Waals surface area contributed by atoms with Gasteiger partial charge in [0.15, 0.2) is 0 Å². The molecule has 0 spiro atoms. The number of piperazine rings is 1. The minimum absolute atomic E-state index is 0.0863. The van der Waals surface area contributed by atoms with Gasteiger partial charge in [0.1, 0.15) is 5.75 Å². The summed E-state index contributed by atoms with van der Waals surface area (Å²) in [5.74, 6) is 0.826. The molecule has 1 fully saturated rings. The summed E-state index contributed by atoms with van der Waals surface area (Å²) < 4.78 is 5.39. The van der Waals surface area contributed by atoms with E-state index < -0.39 is 0 Å². The smallest absolute Gasteiger partial charge is 0.244 e. The number of aryl methyl sites for hydroxylation is 1. The Morgan fingerprint density at radius 2 is 2.11 bits per heavy atom. The fraction of sp³-hybridized carbons (Fsp3) is 0.533. The highest BCUT2D eigenvalue weighted by Crippen LogP contribution is 2.32. The fourth-order valence-electron chi connectivity index (χ4n) is 2.62. The van der Waals surface area contributed by atoms with Crippen LogP contribution < -0.4 is 15.0 Å². The number of hydrogen-bond acceptors (Lipinski definition) is 3. The lowest BCUT2D eigenvalue weighted by Crippen LogP contribution is -2.64. The largest absolute Gasteiger partial charge is 0.495 e. The van der Waals surface area contributed by atoms with Crippen LogP contribution in [0.15, 0.2) is 18.2 Å². The summed E-state index contributed by atoms with van der Waals surface area (Å²) in [6.07, 6.45) is 0. The van der Waals surface area contributed by atoms with E-state index in [9.17, 15) is 4.79 Å². The Bertz CT molecular complexity index is 497. The van der Waals surface area contributed by atoms with Crippen LogP contribution >= 0.6 is 0 Å². The Hall–Kier alpha value is -1.55. The lowest BCUT2D eigenvalue weighted by atomic mass is 9.97. The van der Waals surface area contributed by atoms with E-state index in [1.807, 2.05) is 36.9 Å².